The van der Waals surface area contributed by atoms with Crippen LogP contribution in [0.5, 0.6) is 11.5 Å². The van der Waals surface area contributed by atoms with Gasteiger partial charge in [-0.25, -0.2) is 0 Å². The van der Waals surface area contributed by atoms with Gasteiger partial charge in [-0.2, -0.15) is 4.39 Å². The maximum Gasteiger partial charge on any atom is 0.492 e. The van der Waals surface area contributed by atoms with Gasteiger partial charge in [0.2, 0.25) is 5.82 Å². The highest BCUT2D eigenvalue weighted by Gasteiger charge is 2.20. The predicted molar refractivity (Wildman–Crippen MR) is 39.6 cm³/mol. The number of rotatable bonds is 1. The van der Waals surface area contributed by atoms with Gasteiger partial charge in [-0.3, -0.25) is 0 Å². The van der Waals surface area contributed by atoms with E-state index < -0.39 is 24.4 Å². The lowest BCUT2D eigenvalue weighted by Crippen LogP contribution is -2.30. The molecule has 0 radical (unpaired) electrons. The lowest BCUT2D eigenvalue weighted by molar-refractivity contribution is 0.385. The van der Waals surface area contributed by atoms with Crippen LogP contribution in [0.1, 0.15) is 0 Å². The molecule has 0 bridgehead atoms. The minimum absolute atomic E-state index is 0.384. The van der Waals surface area contributed by atoms with Gasteiger partial charge in [0, 0.05) is 5.46 Å². The quantitative estimate of drug-likeness (QED) is 0.406. The standard InChI is InChI=1S/C6H6BFO4/c8-5-4(9)2-1-3(6(5)10)7(11)12/h1-2,9-12H. The van der Waals surface area contributed by atoms with Gasteiger partial charge < -0.3 is 20.3 Å². The first-order valence-corrected chi connectivity index (χ1v) is 3.10. The van der Waals surface area contributed by atoms with E-state index in [-0.39, 0.29) is 5.46 Å². The second kappa shape index (κ2) is 3.00. The Kier molecular flexibility index (Phi) is 2.21. The first-order chi connectivity index (χ1) is 5.54. The zero-order valence-electron chi connectivity index (χ0n) is 5.90. The highest BCUT2D eigenvalue weighted by molar-refractivity contribution is 6.59. The highest BCUT2D eigenvalue weighted by atomic mass is 19.1. The van der Waals surface area contributed by atoms with E-state index >= 15 is 0 Å². The number of halogens is 1. The molecule has 1 aromatic carbocycles. The van der Waals surface area contributed by atoms with Crippen LogP contribution in [0.3, 0.4) is 0 Å². The van der Waals surface area contributed by atoms with Crippen LogP contribution in [0.15, 0.2) is 12.1 Å². The second-order valence-electron chi connectivity index (χ2n) is 2.21. The summed E-state index contributed by atoms with van der Waals surface area (Å²) in [7, 11) is -1.96. The zero-order chi connectivity index (χ0) is 9.30. The Balaban J connectivity index is 3.27. The normalized spacial score (nSPS) is 9.92. The molecule has 64 valence electrons. The number of hydrogen-bond acceptors (Lipinski definition) is 4. The molecule has 0 fully saturated rings. The van der Waals surface area contributed by atoms with Crippen molar-refractivity contribution >= 4 is 12.6 Å². The van der Waals surface area contributed by atoms with Crippen molar-refractivity contribution in [2.75, 3.05) is 0 Å². The van der Waals surface area contributed by atoms with E-state index in [0.29, 0.717) is 0 Å². The molecule has 0 atom stereocenters. The summed E-state index contributed by atoms with van der Waals surface area (Å²) in [5.74, 6) is -2.96. The van der Waals surface area contributed by atoms with Crippen molar-refractivity contribution in [2.24, 2.45) is 0 Å². The van der Waals surface area contributed by atoms with Crippen molar-refractivity contribution in [3.05, 3.63) is 17.9 Å². The smallest absolute Gasteiger partial charge is 0.492 e. The topological polar surface area (TPSA) is 80.9 Å². The number of phenolic OH excluding ortho intramolecular Hbond substituents is 2. The molecule has 0 aliphatic rings. The number of benzene rings is 1. The summed E-state index contributed by atoms with van der Waals surface area (Å²) in [6.07, 6.45) is 0. The Morgan fingerprint density at radius 2 is 1.75 bits per heavy atom. The first-order valence-electron chi connectivity index (χ1n) is 3.10. The Labute approximate surface area is 67.7 Å². The molecule has 0 aliphatic heterocycles. The molecule has 0 unspecified atom stereocenters. The third-order valence-corrected chi connectivity index (χ3v) is 1.41. The van der Waals surface area contributed by atoms with Crippen LogP contribution in [-0.4, -0.2) is 27.4 Å². The van der Waals surface area contributed by atoms with Gasteiger partial charge in [-0.15, -0.1) is 0 Å². The van der Waals surface area contributed by atoms with E-state index in [1.54, 1.807) is 0 Å². The fourth-order valence-corrected chi connectivity index (χ4v) is 0.777. The van der Waals surface area contributed by atoms with E-state index in [0.717, 1.165) is 12.1 Å². The summed E-state index contributed by atoms with van der Waals surface area (Å²) in [5, 5.41) is 34.7. The van der Waals surface area contributed by atoms with Crippen molar-refractivity contribution in [1.29, 1.82) is 0 Å². The Hall–Kier alpha value is -1.27. The molecule has 1 rings (SSSR count). The van der Waals surface area contributed by atoms with Gasteiger partial charge in [0.25, 0.3) is 0 Å². The average molecular weight is 172 g/mol. The van der Waals surface area contributed by atoms with Crippen LogP contribution < -0.4 is 5.46 Å². The summed E-state index contributed by atoms with van der Waals surface area (Å²) < 4.78 is 12.6. The summed E-state index contributed by atoms with van der Waals surface area (Å²) in [4.78, 5) is 0. The van der Waals surface area contributed by atoms with Crippen LogP contribution in [0.4, 0.5) is 4.39 Å². The minimum Gasteiger partial charge on any atom is -0.505 e. The van der Waals surface area contributed by atoms with Gasteiger partial charge in [0.15, 0.2) is 11.5 Å². The minimum atomic E-state index is -1.96. The largest absolute Gasteiger partial charge is 0.505 e. The number of aromatic hydroxyl groups is 2. The Morgan fingerprint density at radius 3 is 2.25 bits per heavy atom. The second-order valence-corrected chi connectivity index (χ2v) is 2.21. The molecule has 0 aliphatic carbocycles. The molecule has 0 spiro atoms. The molecule has 0 aromatic heterocycles. The van der Waals surface area contributed by atoms with Crippen LogP contribution >= 0.6 is 0 Å². The van der Waals surface area contributed by atoms with Crippen molar-refractivity contribution in [3.8, 4) is 11.5 Å². The van der Waals surface area contributed by atoms with Crippen LogP contribution in [-0.2, 0) is 0 Å². The van der Waals surface area contributed by atoms with E-state index in [9.17, 15) is 4.39 Å². The molecule has 4 nitrogen and oxygen atoms in total. The number of hydrogen-bond donors (Lipinski definition) is 4. The van der Waals surface area contributed by atoms with Crippen molar-refractivity contribution in [2.45, 2.75) is 0 Å². The van der Waals surface area contributed by atoms with Gasteiger partial charge in [0.05, 0.1) is 0 Å². The summed E-state index contributed by atoms with van der Waals surface area (Å²) in [5.41, 5.74) is -0.384. The lowest BCUT2D eigenvalue weighted by atomic mass is 9.79. The molecule has 0 saturated carbocycles. The fraction of sp³-hybridized carbons (Fsp3) is 0. The van der Waals surface area contributed by atoms with Gasteiger partial charge >= 0.3 is 7.12 Å². The molecular formula is C6H6BFO4. The Morgan fingerprint density at radius 1 is 1.17 bits per heavy atom. The van der Waals surface area contributed by atoms with E-state index in [4.69, 9.17) is 20.3 Å². The first kappa shape index (κ1) is 8.83. The van der Waals surface area contributed by atoms with E-state index in [1.807, 2.05) is 0 Å². The third kappa shape index (κ3) is 1.34. The van der Waals surface area contributed by atoms with E-state index in [2.05, 4.69) is 0 Å². The molecule has 12 heavy (non-hydrogen) atoms. The van der Waals surface area contributed by atoms with Crippen LogP contribution in [0.2, 0.25) is 0 Å². The fourth-order valence-electron chi connectivity index (χ4n) is 0.777. The molecule has 0 amide bonds. The zero-order valence-corrected chi connectivity index (χ0v) is 5.90. The average Bonchev–Trinajstić information content (AvgIpc) is 2.00. The predicted octanol–water partition coefficient (Wildman–Crippen LogP) is -1.08. The SMILES string of the molecule is OB(O)c1ccc(O)c(F)c1O. The van der Waals surface area contributed by atoms with E-state index in [1.165, 1.54) is 0 Å². The van der Waals surface area contributed by atoms with Crippen molar-refractivity contribution in [1.82, 2.24) is 0 Å². The lowest BCUT2D eigenvalue weighted by Gasteiger charge is -2.04. The monoisotopic (exact) mass is 172 g/mol. The molecule has 1 aromatic rings. The number of phenols is 2. The molecular weight excluding hydrogens is 166 g/mol. The Bertz CT molecular complexity index is 302. The van der Waals surface area contributed by atoms with Crippen LogP contribution in [0.25, 0.3) is 0 Å². The van der Waals surface area contributed by atoms with Crippen molar-refractivity contribution in [3.63, 3.8) is 0 Å². The van der Waals surface area contributed by atoms with Crippen LogP contribution in [0, 0.1) is 5.82 Å². The maximum absolute atomic E-state index is 12.6. The highest BCUT2D eigenvalue weighted by Crippen LogP contribution is 2.21. The van der Waals surface area contributed by atoms with Gasteiger partial charge in [-0.05, 0) is 6.07 Å². The summed E-state index contributed by atoms with van der Waals surface area (Å²) in [6.45, 7) is 0. The molecule has 6 heteroatoms. The molecule has 0 heterocycles. The van der Waals surface area contributed by atoms with Gasteiger partial charge in [0.1, 0.15) is 0 Å². The maximum atomic E-state index is 12.6. The summed E-state index contributed by atoms with van der Waals surface area (Å²) >= 11 is 0. The van der Waals surface area contributed by atoms with Crippen molar-refractivity contribution < 1.29 is 24.7 Å². The molecule has 4 N–H and O–H groups in total. The summed E-state index contributed by atoms with van der Waals surface area (Å²) in [6, 6.07) is 1.93. The third-order valence-electron chi connectivity index (χ3n) is 1.41. The molecule has 0 saturated heterocycles. The van der Waals surface area contributed by atoms with Gasteiger partial charge in [-0.1, -0.05) is 6.07 Å².